The molecule has 0 saturated heterocycles. The number of rotatable bonds is 3. The monoisotopic (exact) mass is 317 g/mol. The van der Waals surface area contributed by atoms with Gasteiger partial charge in [0.25, 0.3) is 0 Å². The molecule has 122 valence electrons. The van der Waals surface area contributed by atoms with Crippen LogP contribution < -0.4 is 10.6 Å². The number of urea groups is 1. The lowest BCUT2D eigenvalue weighted by Gasteiger charge is -2.23. The van der Waals surface area contributed by atoms with Crippen LogP contribution >= 0.6 is 0 Å². The summed E-state index contributed by atoms with van der Waals surface area (Å²) in [6.45, 7) is 4.46. The van der Waals surface area contributed by atoms with E-state index in [4.69, 9.17) is 0 Å². The first-order valence-electron chi connectivity index (χ1n) is 7.76. The molecule has 2 amide bonds. The topological polar surface area (TPSA) is 71.8 Å². The molecule has 1 aliphatic rings. The Labute approximate surface area is 134 Å². The van der Waals surface area contributed by atoms with Crippen LogP contribution in [-0.2, 0) is 13.0 Å². The second-order valence-electron chi connectivity index (χ2n) is 6.08. The largest absolute Gasteiger partial charge is 0.333 e. The summed E-state index contributed by atoms with van der Waals surface area (Å²) >= 11 is 0. The molecule has 3 rings (SSSR count). The summed E-state index contributed by atoms with van der Waals surface area (Å²) in [6, 6.07) is 4.43. The maximum atomic E-state index is 13.9. The smallest absolute Gasteiger partial charge is 0.319 e. The minimum atomic E-state index is -0.338. The number of carbonyl (C=O) groups excluding carboxylic acids is 1. The number of hydrogen-bond acceptors (Lipinski definition) is 3. The van der Waals surface area contributed by atoms with E-state index in [1.54, 1.807) is 16.8 Å². The van der Waals surface area contributed by atoms with Crippen molar-refractivity contribution in [3.63, 3.8) is 0 Å². The molecule has 1 aromatic carbocycles. The highest BCUT2D eigenvalue weighted by atomic mass is 19.1. The Morgan fingerprint density at radius 1 is 1.43 bits per heavy atom. The first kappa shape index (κ1) is 15.5. The van der Waals surface area contributed by atoms with Gasteiger partial charge in [-0.2, -0.15) is 5.10 Å². The molecule has 1 aromatic heterocycles. The van der Waals surface area contributed by atoms with Crippen LogP contribution in [0.2, 0.25) is 0 Å². The van der Waals surface area contributed by atoms with E-state index < -0.39 is 0 Å². The second-order valence-corrected chi connectivity index (χ2v) is 6.08. The van der Waals surface area contributed by atoms with Crippen LogP contribution in [0.25, 0.3) is 0 Å². The zero-order valence-electron chi connectivity index (χ0n) is 13.2. The second kappa shape index (κ2) is 6.36. The molecular weight excluding hydrogens is 297 g/mol. The van der Waals surface area contributed by atoms with Crippen molar-refractivity contribution < 1.29 is 9.18 Å². The zero-order valence-corrected chi connectivity index (χ0v) is 13.2. The number of halogens is 1. The number of anilines is 1. The predicted molar refractivity (Wildman–Crippen MR) is 84.8 cm³/mol. The van der Waals surface area contributed by atoms with Gasteiger partial charge >= 0.3 is 6.03 Å². The fraction of sp³-hybridized carbons (Fsp3) is 0.438. The van der Waals surface area contributed by atoms with Crippen molar-refractivity contribution in [2.45, 2.75) is 45.2 Å². The van der Waals surface area contributed by atoms with Crippen LogP contribution in [0, 0.1) is 5.82 Å². The van der Waals surface area contributed by atoms with Gasteiger partial charge in [0, 0.05) is 12.1 Å². The van der Waals surface area contributed by atoms with Crippen molar-refractivity contribution in [3.05, 3.63) is 41.7 Å². The Kier molecular flexibility index (Phi) is 4.27. The van der Waals surface area contributed by atoms with E-state index in [0.29, 0.717) is 17.8 Å². The summed E-state index contributed by atoms with van der Waals surface area (Å²) in [5, 5.41) is 9.69. The molecule has 23 heavy (non-hydrogen) atoms. The van der Waals surface area contributed by atoms with E-state index in [0.717, 1.165) is 18.7 Å². The minimum absolute atomic E-state index is 0.0102. The third-order valence-electron chi connectivity index (χ3n) is 4.02. The van der Waals surface area contributed by atoms with Crippen molar-refractivity contribution in [2.24, 2.45) is 0 Å². The van der Waals surface area contributed by atoms with Crippen molar-refractivity contribution in [2.75, 3.05) is 5.32 Å². The van der Waals surface area contributed by atoms with Crippen LogP contribution in [0.15, 0.2) is 24.5 Å². The van der Waals surface area contributed by atoms with Gasteiger partial charge in [-0.1, -0.05) is 19.9 Å². The predicted octanol–water partition coefficient (Wildman–Crippen LogP) is 2.68. The van der Waals surface area contributed by atoms with Crippen LogP contribution in [0.1, 0.15) is 37.6 Å². The number of carbonyl (C=O) groups is 1. The molecule has 7 heteroatoms. The number of fused-ring (bicyclic) bond motifs is 1. The van der Waals surface area contributed by atoms with Gasteiger partial charge in [0.05, 0.1) is 12.6 Å². The lowest BCUT2D eigenvalue weighted by atomic mass is 10.0. The number of aryl methyl sites for hydroxylation is 1. The first-order chi connectivity index (χ1) is 11.0. The molecule has 1 atom stereocenters. The third-order valence-corrected chi connectivity index (χ3v) is 4.02. The molecule has 2 aromatic rings. The Hall–Kier alpha value is -2.44. The van der Waals surface area contributed by atoms with Crippen LogP contribution in [0.4, 0.5) is 14.9 Å². The molecule has 6 nitrogen and oxygen atoms in total. The fourth-order valence-corrected chi connectivity index (χ4v) is 2.78. The molecule has 0 fully saturated rings. The Morgan fingerprint density at radius 3 is 3.00 bits per heavy atom. The molecule has 2 heterocycles. The molecular formula is C16H20FN5O. The molecule has 0 radical (unpaired) electrons. The quantitative estimate of drug-likeness (QED) is 0.914. The molecule has 1 aliphatic heterocycles. The first-order valence-corrected chi connectivity index (χ1v) is 7.76. The maximum Gasteiger partial charge on any atom is 0.319 e. The molecule has 2 N–H and O–H groups in total. The van der Waals surface area contributed by atoms with Crippen molar-refractivity contribution in [3.8, 4) is 0 Å². The highest BCUT2D eigenvalue weighted by Gasteiger charge is 2.21. The van der Waals surface area contributed by atoms with Crippen LogP contribution in [-0.4, -0.2) is 26.8 Å². The number of amides is 2. The van der Waals surface area contributed by atoms with Gasteiger partial charge in [-0.25, -0.2) is 18.9 Å². The summed E-state index contributed by atoms with van der Waals surface area (Å²) in [7, 11) is 0. The highest BCUT2D eigenvalue weighted by Crippen LogP contribution is 2.21. The number of nitrogens with zero attached hydrogens (tertiary/aromatic N) is 3. The van der Waals surface area contributed by atoms with Crippen molar-refractivity contribution >= 4 is 11.7 Å². The summed E-state index contributed by atoms with van der Waals surface area (Å²) in [6.07, 6.45) is 3.12. The number of aromatic nitrogens is 3. The minimum Gasteiger partial charge on any atom is -0.333 e. The van der Waals surface area contributed by atoms with Crippen LogP contribution in [0.5, 0.6) is 0 Å². The van der Waals surface area contributed by atoms with Gasteiger partial charge in [0.15, 0.2) is 0 Å². The van der Waals surface area contributed by atoms with Crippen LogP contribution in [0.3, 0.4) is 0 Å². The molecule has 0 aliphatic carbocycles. The third kappa shape index (κ3) is 3.49. The van der Waals surface area contributed by atoms with E-state index in [1.165, 1.54) is 12.4 Å². The standard InChI is InChI=1S/C16H20FN5O/c1-10(2)13-5-3-11(7-14(13)17)20-16(23)21-12-4-6-15-18-9-19-22(15)8-12/h3,5,7,9-10,12H,4,6,8H2,1-2H3,(H2,20,21,23)/t12-/m1/s1. The Balaban J connectivity index is 1.59. The summed E-state index contributed by atoms with van der Waals surface area (Å²) in [5.41, 5.74) is 1.09. The normalized spacial score (nSPS) is 17.0. The van der Waals surface area contributed by atoms with Crippen molar-refractivity contribution in [1.82, 2.24) is 20.1 Å². The summed E-state index contributed by atoms with van der Waals surface area (Å²) < 4.78 is 15.7. The maximum absolute atomic E-state index is 13.9. The van der Waals surface area contributed by atoms with E-state index in [1.807, 2.05) is 13.8 Å². The highest BCUT2D eigenvalue weighted by molar-refractivity contribution is 5.89. The Bertz CT molecular complexity index is 712. The molecule has 0 saturated carbocycles. The van der Waals surface area contributed by atoms with E-state index in [9.17, 15) is 9.18 Å². The average Bonchev–Trinajstić information content (AvgIpc) is 2.94. The van der Waals surface area contributed by atoms with Gasteiger partial charge in [-0.15, -0.1) is 0 Å². The van der Waals surface area contributed by atoms with Crippen molar-refractivity contribution in [1.29, 1.82) is 0 Å². The summed E-state index contributed by atoms with van der Waals surface area (Å²) in [5.74, 6) is 0.745. The lowest BCUT2D eigenvalue weighted by Crippen LogP contribution is -2.43. The SMILES string of the molecule is CC(C)c1ccc(NC(=O)N[C@@H]2CCc3ncnn3C2)cc1F. The van der Waals surface area contributed by atoms with Gasteiger partial charge < -0.3 is 10.6 Å². The molecule has 0 spiro atoms. The van der Waals surface area contributed by atoms with E-state index >= 15 is 0 Å². The fourth-order valence-electron chi connectivity index (χ4n) is 2.78. The molecule has 0 unspecified atom stereocenters. The number of benzene rings is 1. The van der Waals surface area contributed by atoms with Gasteiger partial charge in [0.1, 0.15) is 18.0 Å². The van der Waals surface area contributed by atoms with Gasteiger partial charge in [0.2, 0.25) is 0 Å². The lowest BCUT2D eigenvalue weighted by molar-refractivity contribution is 0.243. The Morgan fingerprint density at radius 2 is 2.26 bits per heavy atom. The average molecular weight is 317 g/mol. The van der Waals surface area contributed by atoms with E-state index in [-0.39, 0.29) is 23.8 Å². The zero-order chi connectivity index (χ0) is 16.4. The number of hydrogen-bond donors (Lipinski definition) is 2. The van der Waals surface area contributed by atoms with Gasteiger partial charge in [-0.05, 0) is 30.0 Å². The van der Waals surface area contributed by atoms with E-state index in [2.05, 4.69) is 20.7 Å². The molecule has 0 bridgehead atoms. The number of nitrogens with one attached hydrogen (secondary N) is 2. The van der Waals surface area contributed by atoms with Gasteiger partial charge in [-0.3, -0.25) is 0 Å². The summed E-state index contributed by atoms with van der Waals surface area (Å²) in [4.78, 5) is 16.2.